The van der Waals surface area contributed by atoms with Crippen molar-refractivity contribution in [3.63, 3.8) is 0 Å². The molecule has 1 aromatic rings. The van der Waals surface area contributed by atoms with Crippen molar-refractivity contribution in [2.45, 2.75) is 70.1 Å². The largest absolute Gasteiger partial charge is 0.436 e. The molecule has 0 fully saturated rings. The SMILES string of the molecule is CCCC1CC=C(C=C(C)C)C(C)(C)c2cc(S(=O)(O)=[O+]C)ccc21. The number of hydrogen-bond acceptors (Lipinski definition) is 1. The van der Waals surface area contributed by atoms with Crippen molar-refractivity contribution in [3.05, 3.63) is 52.6 Å². The van der Waals surface area contributed by atoms with Gasteiger partial charge < -0.3 is 0 Å². The molecule has 0 radical (unpaired) electrons. The zero-order valence-corrected chi connectivity index (χ0v) is 17.1. The molecule has 1 aliphatic rings. The first-order valence-electron chi connectivity index (χ1n) is 8.95. The number of hydrogen-bond donors (Lipinski definition) is 1. The van der Waals surface area contributed by atoms with Crippen molar-refractivity contribution >= 4 is 10.1 Å². The Morgan fingerprint density at radius 3 is 2.64 bits per heavy atom. The molecule has 138 valence electrons. The molecule has 2 atom stereocenters. The molecular weight excluding hydrogens is 332 g/mol. The van der Waals surface area contributed by atoms with Gasteiger partial charge in [-0.15, -0.1) is 4.21 Å². The van der Waals surface area contributed by atoms with Crippen molar-refractivity contribution in [3.8, 4) is 0 Å². The Bertz CT molecular complexity index is 818. The number of rotatable bonds is 4. The summed E-state index contributed by atoms with van der Waals surface area (Å²) in [6.07, 6.45) is 7.81. The van der Waals surface area contributed by atoms with Gasteiger partial charge in [-0.1, -0.05) is 51.0 Å². The third-order valence-corrected chi connectivity index (χ3v) is 6.39. The summed E-state index contributed by atoms with van der Waals surface area (Å²) in [6, 6.07) is 5.65. The van der Waals surface area contributed by atoms with E-state index in [0.717, 1.165) is 24.8 Å². The molecule has 1 aliphatic carbocycles. The maximum Gasteiger partial charge on any atom is 0.436 e. The monoisotopic (exact) mass is 363 g/mol. The maximum absolute atomic E-state index is 12.3. The Balaban J connectivity index is 2.74. The molecule has 1 N–H and O–H groups in total. The average molecular weight is 364 g/mol. The Hall–Kier alpha value is -1.39. The molecule has 0 spiro atoms. The van der Waals surface area contributed by atoms with Crippen molar-refractivity contribution in [1.29, 1.82) is 0 Å². The smallest absolute Gasteiger partial charge is 0.242 e. The van der Waals surface area contributed by atoms with Gasteiger partial charge in [-0.05, 0) is 61.4 Å². The summed E-state index contributed by atoms with van der Waals surface area (Å²) in [4.78, 5) is 0.343. The minimum absolute atomic E-state index is 0.228. The molecule has 4 heteroatoms. The van der Waals surface area contributed by atoms with Gasteiger partial charge >= 0.3 is 10.1 Å². The van der Waals surface area contributed by atoms with E-state index in [0.29, 0.717) is 10.8 Å². The summed E-state index contributed by atoms with van der Waals surface area (Å²) in [7, 11) is -2.18. The fraction of sp³-hybridized carbons (Fsp3) is 0.524. The molecule has 0 amide bonds. The van der Waals surface area contributed by atoms with Crippen LogP contribution in [-0.4, -0.2) is 15.9 Å². The number of benzene rings is 1. The van der Waals surface area contributed by atoms with Gasteiger partial charge in [0.25, 0.3) is 7.11 Å². The minimum Gasteiger partial charge on any atom is -0.242 e. The van der Waals surface area contributed by atoms with Crippen LogP contribution in [0.5, 0.6) is 0 Å². The summed E-state index contributed by atoms with van der Waals surface area (Å²) in [5.41, 5.74) is 4.72. The summed E-state index contributed by atoms with van der Waals surface area (Å²) in [6.45, 7) is 10.8. The summed E-state index contributed by atoms with van der Waals surface area (Å²) in [5, 5.41) is 0. The van der Waals surface area contributed by atoms with Crippen LogP contribution in [0.2, 0.25) is 0 Å². The highest BCUT2D eigenvalue weighted by Crippen LogP contribution is 2.44. The van der Waals surface area contributed by atoms with Crippen molar-refractivity contribution < 1.29 is 12.6 Å². The molecule has 0 aliphatic heterocycles. The molecule has 2 rings (SSSR count). The molecule has 2 unspecified atom stereocenters. The van der Waals surface area contributed by atoms with Crippen LogP contribution in [0.3, 0.4) is 0 Å². The van der Waals surface area contributed by atoms with Crippen LogP contribution in [0.4, 0.5) is 0 Å². The second-order valence-electron chi connectivity index (χ2n) is 7.62. The fourth-order valence-corrected chi connectivity index (χ4v) is 4.37. The van der Waals surface area contributed by atoms with Crippen LogP contribution in [0.25, 0.3) is 0 Å². The highest BCUT2D eigenvalue weighted by molar-refractivity contribution is 7.86. The lowest BCUT2D eigenvalue weighted by molar-refractivity contribution is 0.182. The predicted molar refractivity (Wildman–Crippen MR) is 105 cm³/mol. The Morgan fingerprint density at radius 2 is 2.08 bits per heavy atom. The van der Waals surface area contributed by atoms with Gasteiger partial charge in [-0.2, -0.15) is 3.84 Å². The highest BCUT2D eigenvalue weighted by atomic mass is 32.2. The van der Waals surface area contributed by atoms with Crippen LogP contribution in [0, 0.1) is 0 Å². The molecule has 0 saturated heterocycles. The van der Waals surface area contributed by atoms with E-state index < -0.39 is 10.1 Å². The van der Waals surface area contributed by atoms with Crippen molar-refractivity contribution in [2.75, 3.05) is 7.11 Å². The zero-order chi connectivity index (χ0) is 18.8. The molecule has 0 saturated carbocycles. The van der Waals surface area contributed by atoms with Crippen molar-refractivity contribution in [1.82, 2.24) is 0 Å². The number of fused-ring (bicyclic) bond motifs is 1. The van der Waals surface area contributed by atoms with Crippen LogP contribution < -0.4 is 0 Å². The standard InChI is InChI=1S/C21H30O3S/c1-7-8-16-9-10-17(13-15(2)3)21(4,5)20-14-18(11-12-19(16)20)25(22,23)24-6/h10-14,16H,7-9H2,1-6H3/p+1. The lowest BCUT2D eigenvalue weighted by Crippen LogP contribution is -2.21. The molecule has 1 aromatic carbocycles. The molecular formula is C21H31O3S+. The highest BCUT2D eigenvalue weighted by Gasteiger charge is 2.33. The van der Waals surface area contributed by atoms with Gasteiger partial charge in [0.15, 0.2) is 0 Å². The fourth-order valence-electron chi connectivity index (χ4n) is 3.67. The third kappa shape index (κ3) is 4.06. The lowest BCUT2D eigenvalue weighted by atomic mass is 9.75. The van der Waals surface area contributed by atoms with Gasteiger partial charge in [-0.25, -0.2) is 4.55 Å². The van der Waals surface area contributed by atoms with E-state index >= 15 is 0 Å². The average Bonchev–Trinajstić information content (AvgIpc) is 2.64. The van der Waals surface area contributed by atoms with Gasteiger partial charge in [-0.3, -0.25) is 0 Å². The van der Waals surface area contributed by atoms with E-state index in [1.807, 2.05) is 12.1 Å². The maximum atomic E-state index is 12.3. The van der Waals surface area contributed by atoms with Gasteiger partial charge in [0.2, 0.25) is 0 Å². The second-order valence-corrected chi connectivity index (χ2v) is 9.37. The molecule has 3 nitrogen and oxygen atoms in total. The molecule has 0 aromatic heterocycles. The summed E-state index contributed by atoms with van der Waals surface area (Å²) in [5.74, 6) is 0.439. The first-order valence-corrected chi connectivity index (χ1v) is 10.4. The van der Waals surface area contributed by atoms with Crippen molar-refractivity contribution in [2.24, 2.45) is 0 Å². The van der Waals surface area contributed by atoms with E-state index in [4.69, 9.17) is 3.84 Å². The number of allylic oxidation sites excluding steroid dienone is 4. The Labute approximate surface area is 152 Å². The van der Waals surface area contributed by atoms with E-state index in [9.17, 15) is 8.76 Å². The minimum atomic E-state index is -3.45. The van der Waals surface area contributed by atoms with Crippen LogP contribution in [0.15, 0.2) is 46.4 Å². The topological polar surface area (TPSA) is 48.6 Å². The zero-order valence-electron chi connectivity index (χ0n) is 16.3. The summed E-state index contributed by atoms with van der Waals surface area (Å²) < 4.78 is 27.2. The lowest BCUT2D eigenvalue weighted by Gasteiger charge is -2.29. The molecule has 0 heterocycles. The van der Waals surface area contributed by atoms with Gasteiger partial charge in [0.1, 0.15) is 4.90 Å². The second kappa shape index (κ2) is 7.46. The third-order valence-electron chi connectivity index (χ3n) is 5.09. The van der Waals surface area contributed by atoms with E-state index in [-0.39, 0.29) is 5.41 Å². The Kier molecular flexibility index (Phi) is 5.95. The van der Waals surface area contributed by atoms with E-state index in [2.05, 4.69) is 46.8 Å². The van der Waals surface area contributed by atoms with Crippen LogP contribution in [-0.2, 0) is 19.4 Å². The normalized spacial score (nSPS) is 21.4. The van der Waals surface area contributed by atoms with Crippen LogP contribution in [0.1, 0.15) is 70.9 Å². The molecule has 25 heavy (non-hydrogen) atoms. The quantitative estimate of drug-likeness (QED) is 0.545. The summed E-state index contributed by atoms with van der Waals surface area (Å²) >= 11 is 0. The molecule has 0 bridgehead atoms. The van der Waals surface area contributed by atoms with E-state index in [1.54, 1.807) is 6.07 Å². The Morgan fingerprint density at radius 1 is 1.40 bits per heavy atom. The van der Waals surface area contributed by atoms with Crippen LogP contribution >= 0.6 is 0 Å². The van der Waals surface area contributed by atoms with E-state index in [1.165, 1.54) is 23.8 Å². The first kappa shape index (κ1) is 19.9. The predicted octanol–water partition coefficient (Wildman–Crippen LogP) is 5.77. The first-order chi connectivity index (χ1) is 11.6. The van der Waals surface area contributed by atoms with Gasteiger partial charge in [0, 0.05) is 5.41 Å². The van der Waals surface area contributed by atoms with Gasteiger partial charge in [0.05, 0.1) is 0 Å².